The van der Waals surface area contributed by atoms with Crippen LogP contribution in [-0.2, 0) is 4.74 Å². The van der Waals surface area contributed by atoms with Crippen LogP contribution in [0.25, 0.3) is 0 Å². The molecular weight excluding hydrogens is 278 g/mol. The fraction of sp³-hybridized carbons (Fsp3) is 0.462. The fourth-order valence-electron chi connectivity index (χ4n) is 2.18. The molecule has 8 nitrogen and oxygen atoms in total. The normalized spacial score (nSPS) is 18.3. The van der Waals surface area contributed by atoms with Crippen LogP contribution in [0.4, 0.5) is 16.2 Å². The molecule has 1 heterocycles. The van der Waals surface area contributed by atoms with Crippen molar-refractivity contribution >= 4 is 17.5 Å². The van der Waals surface area contributed by atoms with Gasteiger partial charge in [-0.05, 0) is 18.6 Å². The Balaban J connectivity index is 2.00. The van der Waals surface area contributed by atoms with E-state index in [2.05, 4.69) is 5.32 Å². The minimum absolute atomic E-state index is 0.000833. The van der Waals surface area contributed by atoms with Gasteiger partial charge in [-0.3, -0.25) is 10.1 Å². The molecule has 2 rings (SSSR count). The van der Waals surface area contributed by atoms with Gasteiger partial charge in [0, 0.05) is 19.2 Å². The number of nitrogens with one attached hydrogen (secondary N) is 1. The third-order valence-electron chi connectivity index (χ3n) is 3.28. The highest BCUT2D eigenvalue weighted by Crippen LogP contribution is 2.25. The Kier molecular flexibility index (Phi) is 4.59. The van der Waals surface area contributed by atoms with Gasteiger partial charge in [-0.25, -0.2) is 4.79 Å². The fourth-order valence-corrected chi connectivity index (χ4v) is 2.18. The Labute approximate surface area is 121 Å². The number of nitro benzene ring substituents is 1. The Morgan fingerprint density at radius 3 is 3.05 bits per heavy atom. The minimum Gasteiger partial charge on any atom is -0.465 e. The van der Waals surface area contributed by atoms with Crippen LogP contribution in [0.2, 0.25) is 0 Å². The zero-order valence-electron chi connectivity index (χ0n) is 11.6. The van der Waals surface area contributed by atoms with Crippen molar-refractivity contribution < 1.29 is 19.6 Å². The maximum absolute atomic E-state index is 11.0. The number of rotatable bonds is 4. The van der Waals surface area contributed by atoms with Crippen LogP contribution < -0.4 is 5.32 Å². The third-order valence-corrected chi connectivity index (χ3v) is 3.28. The number of aryl methyl sites for hydroxylation is 1. The summed E-state index contributed by atoms with van der Waals surface area (Å²) in [5.41, 5.74) is 1.21. The van der Waals surface area contributed by atoms with Crippen molar-refractivity contribution in [2.24, 2.45) is 0 Å². The lowest BCUT2D eigenvalue weighted by atomic mass is 10.2. The minimum atomic E-state index is -0.982. The molecule has 1 aliphatic rings. The number of carboxylic acid groups (broad SMARTS) is 1. The monoisotopic (exact) mass is 295 g/mol. The first-order chi connectivity index (χ1) is 9.97. The highest BCUT2D eigenvalue weighted by Gasteiger charge is 2.24. The van der Waals surface area contributed by atoms with Crippen molar-refractivity contribution in [3.8, 4) is 0 Å². The smallest absolute Gasteiger partial charge is 0.407 e. The maximum atomic E-state index is 11.0. The first kappa shape index (κ1) is 15.0. The molecule has 0 aliphatic carbocycles. The predicted octanol–water partition coefficient (Wildman–Crippen LogP) is 1.69. The molecule has 0 bridgehead atoms. The van der Waals surface area contributed by atoms with Gasteiger partial charge in [0.1, 0.15) is 5.69 Å². The topological polar surface area (TPSA) is 105 Å². The summed E-state index contributed by atoms with van der Waals surface area (Å²) in [6.45, 7) is 3.02. The van der Waals surface area contributed by atoms with E-state index in [4.69, 9.17) is 9.84 Å². The number of nitro groups is 1. The molecule has 0 saturated carbocycles. The molecule has 114 valence electrons. The van der Waals surface area contributed by atoms with Crippen LogP contribution in [0.15, 0.2) is 18.2 Å². The standard InChI is InChI=1S/C13H17N3O5/c1-9-2-3-11(12(6-9)16(19)20)14-7-10-8-15(13(17)18)4-5-21-10/h2-3,6,10,14H,4-5,7-8H2,1H3,(H,17,18)/t10-/m0/s1. The summed E-state index contributed by atoms with van der Waals surface area (Å²) in [5.74, 6) is 0. The van der Waals surface area contributed by atoms with E-state index in [0.29, 0.717) is 25.4 Å². The highest BCUT2D eigenvalue weighted by atomic mass is 16.6. The lowest BCUT2D eigenvalue weighted by Gasteiger charge is -2.31. The molecule has 21 heavy (non-hydrogen) atoms. The maximum Gasteiger partial charge on any atom is 0.407 e. The van der Waals surface area contributed by atoms with E-state index in [0.717, 1.165) is 5.56 Å². The van der Waals surface area contributed by atoms with Gasteiger partial charge in [-0.15, -0.1) is 0 Å². The largest absolute Gasteiger partial charge is 0.465 e. The number of benzene rings is 1. The van der Waals surface area contributed by atoms with E-state index >= 15 is 0 Å². The molecule has 1 aliphatic heterocycles. The van der Waals surface area contributed by atoms with Gasteiger partial charge in [0.15, 0.2) is 0 Å². The summed E-state index contributed by atoms with van der Waals surface area (Å²) in [6, 6.07) is 4.92. The summed E-state index contributed by atoms with van der Waals surface area (Å²) in [6.07, 6.45) is -1.31. The van der Waals surface area contributed by atoms with Gasteiger partial charge in [0.05, 0.1) is 24.2 Å². The van der Waals surface area contributed by atoms with Crippen LogP contribution in [0.1, 0.15) is 5.56 Å². The molecule has 1 fully saturated rings. The van der Waals surface area contributed by atoms with E-state index in [1.807, 2.05) is 0 Å². The molecule has 2 N–H and O–H groups in total. The summed E-state index contributed by atoms with van der Waals surface area (Å²) < 4.78 is 5.47. The number of morpholine rings is 1. The number of amides is 1. The van der Waals surface area contributed by atoms with Crippen LogP contribution in [0.3, 0.4) is 0 Å². The molecule has 1 aromatic rings. The molecule has 0 spiro atoms. The predicted molar refractivity (Wildman–Crippen MR) is 75.7 cm³/mol. The number of ether oxygens (including phenoxy) is 1. The number of nitrogens with zero attached hydrogens (tertiary/aromatic N) is 2. The molecule has 1 aromatic carbocycles. The van der Waals surface area contributed by atoms with E-state index in [1.54, 1.807) is 19.1 Å². The van der Waals surface area contributed by atoms with Crippen molar-refractivity contribution in [2.75, 3.05) is 31.6 Å². The molecule has 1 atom stereocenters. The number of anilines is 1. The lowest BCUT2D eigenvalue weighted by Crippen LogP contribution is -2.47. The zero-order chi connectivity index (χ0) is 15.4. The summed E-state index contributed by atoms with van der Waals surface area (Å²) >= 11 is 0. The van der Waals surface area contributed by atoms with Crippen molar-refractivity contribution in [1.29, 1.82) is 0 Å². The Bertz CT molecular complexity index is 549. The van der Waals surface area contributed by atoms with E-state index in [1.165, 1.54) is 11.0 Å². The summed E-state index contributed by atoms with van der Waals surface area (Å²) in [5, 5.41) is 22.9. The van der Waals surface area contributed by atoms with Crippen molar-refractivity contribution in [3.05, 3.63) is 33.9 Å². The van der Waals surface area contributed by atoms with Crippen LogP contribution in [-0.4, -0.2) is 53.4 Å². The first-order valence-electron chi connectivity index (χ1n) is 6.56. The molecule has 1 amide bonds. The van der Waals surface area contributed by atoms with E-state index in [-0.39, 0.29) is 18.3 Å². The van der Waals surface area contributed by atoms with E-state index < -0.39 is 11.0 Å². The zero-order valence-corrected chi connectivity index (χ0v) is 11.6. The summed E-state index contributed by atoms with van der Waals surface area (Å²) in [4.78, 5) is 22.8. The Hall–Kier alpha value is -2.35. The number of carbonyl (C=O) groups is 1. The van der Waals surface area contributed by atoms with Gasteiger partial charge in [-0.1, -0.05) is 6.07 Å². The van der Waals surface area contributed by atoms with Crippen molar-refractivity contribution in [1.82, 2.24) is 4.90 Å². The van der Waals surface area contributed by atoms with Gasteiger partial charge in [0.2, 0.25) is 0 Å². The van der Waals surface area contributed by atoms with Crippen LogP contribution >= 0.6 is 0 Å². The van der Waals surface area contributed by atoms with Gasteiger partial charge >= 0.3 is 6.09 Å². The van der Waals surface area contributed by atoms with E-state index in [9.17, 15) is 14.9 Å². The highest BCUT2D eigenvalue weighted by molar-refractivity contribution is 5.65. The lowest BCUT2D eigenvalue weighted by molar-refractivity contribution is -0.384. The molecule has 0 aromatic heterocycles. The molecule has 0 unspecified atom stereocenters. The number of hydrogen-bond acceptors (Lipinski definition) is 5. The van der Waals surface area contributed by atoms with Crippen molar-refractivity contribution in [3.63, 3.8) is 0 Å². The van der Waals surface area contributed by atoms with Gasteiger partial charge < -0.3 is 20.1 Å². The average Bonchev–Trinajstić information content (AvgIpc) is 2.46. The average molecular weight is 295 g/mol. The number of hydrogen-bond donors (Lipinski definition) is 2. The first-order valence-corrected chi connectivity index (χ1v) is 6.56. The second-order valence-electron chi connectivity index (χ2n) is 4.88. The van der Waals surface area contributed by atoms with Gasteiger partial charge in [-0.2, -0.15) is 0 Å². The molecular formula is C13H17N3O5. The molecule has 8 heteroatoms. The quantitative estimate of drug-likeness (QED) is 0.647. The Morgan fingerprint density at radius 1 is 1.62 bits per heavy atom. The molecule has 0 radical (unpaired) electrons. The van der Waals surface area contributed by atoms with Gasteiger partial charge in [0.25, 0.3) is 5.69 Å². The third kappa shape index (κ3) is 3.82. The van der Waals surface area contributed by atoms with Crippen molar-refractivity contribution in [2.45, 2.75) is 13.0 Å². The molecule has 1 saturated heterocycles. The Morgan fingerprint density at radius 2 is 2.38 bits per heavy atom. The second-order valence-corrected chi connectivity index (χ2v) is 4.88. The van der Waals surface area contributed by atoms with Crippen LogP contribution in [0.5, 0.6) is 0 Å². The summed E-state index contributed by atoms with van der Waals surface area (Å²) in [7, 11) is 0. The SMILES string of the molecule is Cc1ccc(NC[C@H]2CN(C(=O)O)CCO2)c([N+](=O)[O-])c1. The van der Waals surface area contributed by atoms with Crippen LogP contribution in [0, 0.1) is 17.0 Å². The second kappa shape index (κ2) is 6.40.